The van der Waals surface area contributed by atoms with E-state index in [4.69, 9.17) is 0 Å². The predicted molar refractivity (Wildman–Crippen MR) is 103 cm³/mol. The summed E-state index contributed by atoms with van der Waals surface area (Å²) in [7, 11) is 0. The number of anilines is 1. The summed E-state index contributed by atoms with van der Waals surface area (Å²) in [5.74, 6) is 0.246. The molecule has 1 aliphatic rings. The molecule has 2 heterocycles. The Hall–Kier alpha value is -3.02. The second-order valence-corrected chi connectivity index (χ2v) is 6.93. The molecule has 138 valence electrons. The van der Waals surface area contributed by atoms with Crippen LogP contribution < -0.4 is 5.32 Å². The summed E-state index contributed by atoms with van der Waals surface area (Å²) < 4.78 is 14.2. The first kappa shape index (κ1) is 17.4. The van der Waals surface area contributed by atoms with E-state index in [1.807, 2.05) is 36.1 Å². The maximum Gasteiger partial charge on any atom is 0.253 e. The Morgan fingerprint density at radius 1 is 1.11 bits per heavy atom. The van der Waals surface area contributed by atoms with Gasteiger partial charge in [0.1, 0.15) is 18.0 Å². The van der Waals surface area contributed by atoms with Crippen LogP contribution in [0.3, 0.4) is 0 Å². The highest BCUT2D eigenvalue weighted by Gasteiger charge is 2.24. The molecule has 1 aliphatic heterocycles. The number of aryl methyl sites for hydroxylation is 1. The molecule has 2 aromatic carbocycles. The minimum absolute atomic E-state index is 0.0620. The molecule has 27 heavy (non-hydrogen) atoms. The van der Waals surface area contributed by atoms with Gasteiger partial charge in [0.15, 0.2) is 0 Å². The molecular weight excluding hydrogens is 343 g/mol. The first-order valence-corrected chi connectivity index (χ1v) is 9.13. The third-order valence-electron chi connectivity index (χ3n) is 5.03. The van der Waals surface area contributed by atoms with Gasteiger partial charge in [0, 0.05) is 24.7 Å². The molecule has 1 aromatic heterocycles. The first-order chi connectivity index (χ1) is 13.1. The zero-order chi connectivity index (χ0) is 18.8. The Morgan fingerprint density at radius 2 is 1.85 bits per heavy atom. The van der Waals surface area contributed by atoms with E-state index >= 15 is 0 Å². The first-order valence-electron chi connectivity index (χ1n) is 9.13. The minimum atomic E-state index is -0.331. The number of fused-ring (bicyclic) bond motifs is 1. The smallest absolute Gasteiger partial charge is 0.253 e. The van der Waals surface area contributed by atoms with Crippen molar-refractivity contribution in [3.05, 3.63) is 65.7 Å². The number of aromatic nitrogens is 2. The van der Waals surface area contributed by atoms with Crippen molar-refractivity contribution in [2.75, 3.05) is 18.4 Å². The van der Waals surface area contributed by atoms with Gasteiger partial charge in [-0.25, -0.2) is 14.4 Å². The van der Waals surface area contributed by atoms with E-state index in [0.717, 1.165) is 24.0 Å². The van der Waals surface area contributed by atoms with E-state index in [9.17, 15) is 9.18 Å². The lowest BCUT2D eigenvalue weighted by molar-refractivity contribution is 0.0718. The van der Waals surface area contributed by atoms with E-state index in [1.54, 1.807) is 12.1 Å². The van der Waals surface area contributed by atoms with Crippen molar-refractivity contribution in [2.45, 2.75) is 25.8 Å². The second kappa shape index (κ2) is 7.31. The number of piperidine rings is 1. The molecule has 0 unspecified atom stereocenters. The average molecular weight is 364 g/mol. The molecule has 1 saturated heterocycles. The fraction of sp³-hybridized carbons (Fsp3) is 0.286. The molecule has 1 N–H and O–H groups in total. The zero-order valence-electron chi connectivity index (χ0n) is 15.2. The van der Waals surface area contributed by atoms with Crippen molar-refractivity contribution in [2.24, 2.45) is 0 Å². The number of rotatable bonds is 3. The highest BCUT2D eigenvalue weighted by molar-refractivity contribution is 5.94. The van der Waals surface area contributed by atoms with Gasteiger partial charge in [0.05, 0.1) is 10.9 Å². The van der Waals surface area contributed by atoms with Gasteiger partial charge in [-0.05, 0) is 44.0 Å². The molecule has 0 aliphatic carbocycles. The van der Waals surface area contributed by atoms with E-state index < -0.39 is 0 Å². The number of nitrogens with zero attached hydrogens (tertiary/aromatic N) is 3. The largest absolute Gasteiger partial charge is 0.367 e. The fourth-order valence-electron chi connectivity index (χ4n) is 3.48. The van der Waals surface area contributed by atoms with E-state index in [1.165, 1.54) is 12.4 Å². The summed E-state index contributed by atoms with van der Waals surface area (Å²) in [6.45, 7) is 3.33. The Kier molecular flexibility index (Phi) is 4.71. The standard InChI is InChI=1S/C21H21FN4O/c1-14-5-7-15(8-6-14)21(27)26-11-9-16(10-12-26)25-20-19-17(22)3-2-4-18(19)23-13-24-20/h2-8,13,16H,9-12H2,1H3,(H,23,24,25). The van der Waals surface area contributed by atoms with Gasteiger partial charge < -0.3 is 10.2 Å². The van der Waals surface area contributed by atoms with Crippen molar-refractivity contribution in [1.82, 2.24) is 14.9 Å². The van der Waals surface area contributed by atoms with Crippen molar-refractivity contribution >= 4 is 22.6 Å². The van der Waals surface area contributed by atoms with Crippen LogP contribution >= 0.6 is 0 Å². The number of hydrogen-bond acceptors (Lipinski definition) is 4. The predicted octanol–water partition coefficient (Wildman–Crippen LogP) is 3.79. The molecule has 0 spiro atoms. The highest BCUT2D eigenvalue weighted by Crippen LogP contribution is 2.25. The summed E-state index contributed by atoms with van der Waals surface area (Å²) in [4.78, 5) is 22.9. The van der Waals surface area contributed by atoms with Gasteiger partial charge in [-0.15, -0.1) is 0 Å². The molecule has 0 radical (unpaired) electrons. The average Bonchev–Trinajstić information content (AvgIpc) is 2.69. The summed E-state index contributed by atoms with van der Waals surface area (Å²) in [6, 6.07) is 12.6. The lowest BCUT2D eigenvalue weighted by atomic mass is 10.0. The van der Waals surface area contributed by atoms with Crippen LogP contribution in [0, 0.1) is 12.7 Å². The minimum Gasteiger partial charge on any atom is -0.367 e. The molecule has 0 bridgehead atoms. The second-order valence-electron chi connectivity index (χ2n) is 6.93. The Balaban J connectivity index is 1.43. The van der Waals surface area contributed by atoms with Gasteiger partial charge in [-0.3, -0.25) is 4.79 Å². The van der Waals surface area contributed by atoms with Crippen molar-refractivity contribution in [3.63, 3.8) is 0 Å². The summed E-state index contributed by atoms with van der Waals surface area (Å²) >= 11 is 0. The fourth-order valence-corrected chi connectivity index (χ4v) is 3.48. The topological polar surface area (TPSA) is 58.1 Å². The van der Waals surface area contributed by atoms with Crippen LogP contribution in [-0.2, 0) is 0 Å². The molecule has 3 aromatic rings. The third kappa shape index (κ3) is 3.60. The maximum atomic E-state index is 14.2. The molecule has 1 amide bonds. The molecule has 1 fully saturated rings. The Morgan fingerprint density at radius 3 is 2.59 bits per heavy atom. The third-order valence-corrected chi connectivity index (χ3v) is 5.03. The van der Waals surface area contributed by atoms with Crippen LogP contribution in [0.2, 0.25) is 0 Å². The Labute approximate surface area is 157 Å². The molecule has 6 heteroatoms. The van der Waals surface area contributed by atoms with Gasteiger partial charge in [0.25, 0.3) is 5.91 Å². The highest BCUT2D eigenvalue weighted by atomic mass is 19.1. The van der Waals surface area contributed by atoms with E-state index in [0.29, 0.717) is 29.8 Å². The van der Waals surface area contributed by atoms with Crippen LogP contribution in [0.5, 0.6) is 0 Å². The SMILES string of the molecule is Cc1ccc(C(=O)N2CCC(Nc3ncnc4cccc(F)c34)CC2)cc1. The molecule has 0 atom stereocenters. The summed E-state index contributed by atoms with van der Waals surface area (Å²) in [5, 5.41) is 3.76. The summed E-state index contributed by atoms with van der Waals surface area (Å²) in [5.41, 5.74) is 2.44. The van der Waals surface area contributed by atoms with Gasteiger partial charge >= 0.3 is 0 Å². The number of halogens is 1. The Bertz CT molecular complexity index is 960. The van der Waals surface area contributed by atoms with E-state index in [2.05, 4.69) is 15.3 Å². The van der Waals surface area contributed by atoms with Crippen LogP contribution in [0.1, 0.15) is 28.8 Å². The quantitative estimate of drug-likeness (QED) is 0.768. The van der Waals surface area contributed by atoms with Gasteiger partial charge in [-0.1, -0.05) is 23.8 Å². The summed E-state index contributed by atoms with van der Waals surface area (Å²) in [6.07, 6.45) is 3.02. The number of benzene rings is 2. The van der Waals surface area contributed by atoms with Crippen LogP contribution in [0.4, 0.5) is 10.2 Å². The van der Waals surface area contributed by atoms with Crippen LogP contribution in [0.15, 0.2) is 48.8 Å². The number of nitrogens with one attached hydrogen (secondary N) is 1. The normalized spacial score (nSPS) is 15.1. The maximum absolute atomic E-state index is 14.2. The number of carbonyl (C=O) groups is 1. The number of amides is 1. The van der Waals surface area contributed by atoms with Crippen molar-refractivity contribution < 1.29 is 9.18 Å². The van der Waals surface area contributed by atoms with Crippen LogP contribution in [-0.4, -0.2) is 39.9 Å². The number of likely N-dealkylation sites (tertiary alicyclic amines) is 1. The lowest BCUT2D eigenvalue weighted by Crippen LogP contribution is -2.42. The number of carbonyl (C=O) groups excluding carboxylic acids is 1. The number of hydrogen-bond donors (Lipinski definition) is 1. The molecular formula is C21H21FN4O. The van der Waals surface area contributed by atoms with Crippen LogP contribution in [0.25, 0.3) is 10.9 Å². The zero-order valence-corrected chi connectivity index (χ0v) is 15.2. The lowest BCUT2D eigenvalue weighted by Gasteiger charge is -2.33. The van der Waals surface area contributed by atoms with Crippen molar-refractivity contribution in [1.29, 1.82) is 0 Å². The van der Waals surface area contributed by atoms with Crippen molar-refractivity contribution in [3.8, 4) is 0 Å². The van der Waals surface area contributed by atoms with Gasteiger partial charge in [-0.2, -0.15) is 0 Å². The molecule has 0 saturated carbocycles. The molecule has 5 nitrogen and oxygen atoms in total. The monoisotopic (exact) mass is 364 g/mol. The van der Waals surface area contributed by atoms with E-state index in [-0.39, 0.29) is 17.8 Å². The molecule has 4 rings (SSSR count). The van der Waals surface area contributed by atoms with Gasteiger partial charge in [0.2, 0.25) is 0 Å².